The zero-order valence-corrected chi connectivity index (χ0v) is 12.7. The van der Waals surface area contributed by atoms with E-state index in [-0.39, 0.29) is 16.9 Å². The van der Waals surface area contributed by atoms with Gasteiger partial charge in [-0.3, -0.25) is 4.98 Å². The van der Waals surface area contributed by atoms with Crippen molar-refractivity contribution in [3.05, 3.63) is 24.0 Å². The summed E-state index contributed by atoms with van der Waals surface area (Å²) in [5.41, 5.74) is 7.93. The Morgan fingerprint density at radius 3 is 2.79 bits per heavy atom. The van der Waals surface area contributed by atoms with Crippen LogP contribution in [0.2, 0.25) is 0 Å². The van der Waals surface area contributed by atoms with Crippen molar-refractivity contribution < 1.29 is 4.74 Å². The van der Waals surface area contributed by atoms with Gasteiger partial charge in [-0.05, 0) is 32.9 Å². The second-order valence-electron chi connectivity index (χ2n) is 5.74. The number of morpholine rings is 1. The lowest BCUT2D eigenvalue weighted by Gasteiger charge is -2.40. The lowest BCUT2D eigenvalue weighted by atomic mass is 9.97. The fourth-order valence-electron chi connectivity index (χ4n) is 2.17. The van der Waals surface area contributed by atoms with Crippen LogP contribution in [-0.2, 0) is 4.74 Å². The molecule has 1 unspecified atom stereocenters. The van der Waals surface area contributed by atoms with Crippen LogP contribution in [0.5, 0.6) is 0 Å². The van der Waals surface area contributed by atoms with E-state index >= 15 is 0 Å². The Morgan fingerprint density at radius 1 is 1.53 bits per heavy atom. The molecule has 106 valence electrons. The molecule has 5 heteroatoms. The number of ether oxygens (including phenoxy) is 1. The molecule has 2 N–H and O–H groups in total. The average molecular weight is 281 g/mol. The molecule has 0 radical (unpaired) electrons. The van der Waals surface area contributed by atoms with Crippen molar-refractivity contribution in [1.29, 1.82) is 0 Å². The number of nitrogens with two attached hydrogens (primary N) is 1. The van der Waals surface area contributed by atoms with Gasteiger partial charge in [-0.1, -0.05) is 0 Å². The van der Waals surface area contributed by atoms with Crippen LogP contribution < -0.4 is 10.6 Å². The van der Waals surface area contributed by atoms with Crippen molar-refractivity contribution in [2.45, 2.75) is 37.7 Å². The van der Waals surface area contributed by atoms with E-state index in [0.29, 0.717) is 6.61 Å². The highest BCUT2D eigenvalue weighted by Crippen LogP contribution is 2.23. The van der Waals surface area contributed by atoms with Gasteiger partial charge in [-0.2, -0.15) is 12.6 Å². The number of rotatable bonds is 3. The van der Waals surface area contributed by atoms with Gasteiger partial charge in [0.2, 0.25) is 0 Å². The predicted molar refractivity (Wildman–Crippen MR) is 81.9 cm³/mol. The summed E-state index contributed by atoms with van der Waals surface area (Å²) in [6, 6.07) is 4.13. The number of pyridine rings is 1. The normalized spacial score (nSPS) is 22.4. The Kier molecular flexibility index (Phi) is 4.38. The summed E-state index contributed by atoms with van der Waals surface area (Å²) < 4.78 is 5.76. The van der Waals surface area contributed by atoms with Gasteiger partial charge in [-0.25, -0.2) is 0 Å². The highest BCUT2D eigenvalue weighted by Gasteiger charge is 2.31. The molecule has 1 fully saturated rings. The number of thiol groups is 1. The molecule has 2 heterocycles. The monoisotopic (exact) mass is 281 g/mol. The van der Waals surface area contributed by atoms with Crippen LogP contribution in [0.3, 0.4) is 0 Å². The highest BCUT2D eigenvalue weighted by atomic mass is 32.1. The molecule has 4 nitrogen and oxygen atoms in total. The van der Waals surface area contributed by atoms with E-state index < -0.39 is 0 Å². The zero-order valence-electron chi connectivity index (χ0n) is 11.8. The number of hydrogen-bond donors (Lipinski definition) is 2. The molecule has 2 atom stereocenters. The minimum atomic E-state index is -0.328. The van der Waals surface area contributed by atoms with Crippen LogP contribution in [-0.4, -0.2) is 36.3 Å². The Labute approximate surface area is 120 Å². The summed E-state index contributed by atoms with van der Waals surface area (Å²) in [6.07, 6.45) is 1.96. The third-order valence-corrected chi connectivity index (χ3v) is 3.72. The average Bonchev–Trinajstić information content (AvgIpc) is 2.38. The molecule has 1 aromatic rings. The number of aromatic nitrogens is 1. The first-order chi connectivity index (χ1) is 8.88. The molecule has 19 heavy (non-hydrogen) atoms. The smallest absolute Gasteiger partial charge is 0.0924 e. The van der Waals surface area contributed by atoms with Gasteiger partial charge in [0.1, 0.15) is 0 Å². The predicted octanol–water partition coefficient (Wildman–Crippen LogP) is 2.01. The largest absolute Gasteiger partial charge is 0.373 e. The molecule has 0 bridgehead atoms. The van der Waals surface area contributed by atoms with Gasteiger partial charge < -0.3 is 15.4 Å². The van der Waals surface area contributed by atoms with Gasteiger partial charge in [0.25, 0.3) is 0 Å². The molecular formula is C14H23N3OS. The lowest BCUT2D eigenvalue weighted by Crippen LogP contribution is -2.56. The first-order valence-corrected chi connectivity index (χ1v) is 7.19. The topological polar surface area (TPSA) is 51.4 Å². The SMILES string of the molecule is CC(S)c1ccc(N2CCO[C@H](C(C)(C)N)C2)cn1. The summed E-state index contributed by atoms with van der Waals surface area (Å²) in [6.45, 7) is 8.42. The molecule has 1 aliphatic rings. The maximum atomic E-state index is 6.14. The molecule has 2 rings (SSSR count). The van der Waals surface area contributed by atoms with E-state index in [2.05, 4.69) is 28.6 Å². The third-order valence-electron chi connectivity index (χ3n) is 3.46. The van der Waals surface area contributed by atoms with Crippen molar-refractivity contribution >= 4 is 18.3 Å². The minimum Gasteiger partial charge on any atom is -0.373 e. The molecule has 1 aliphatic heterocycles. The second kappa shape index (κ2) is 5.69. The van der Waals surface area contributed by atoms with Gasteiger partial charge in [-0.15, -0.1) is 0 Å². The number of hydrogen-bond acceptors (Lipinski definition) is 5. The summed E-state index contributed by atoms with van der Waals surface area (Å²) >= 11 is 4.39. The van der Waals surface area contributed by atoms with Gasteiger partial charge in [0.05, 0.1) is 30.3 Å². The molecule has 0 spiro atoms. The summed E-state index contributed by atoms with van der Waals surface area (Å²) in [4.78, 5) is 6.73. The van der Waals surface area contributed by atoms with Gasteiger partial charge in [0.15, 0.2) is 0 Å². The van der Waals surface area contributed by atoms with Crippen LogP contribution in [0, 0.1) is 0 Å². The van der Waals surface area contributed by atoms with Crippen LogP contribution in [0.4, 0.5) is 5.69 Å². The molecule has 0 aliphatic carbocycles. The van der Waals surface area contributed by atoms with Crippen LogP contribution >= 0.6 is 12.6 Å². The molecular weight excluding hydrogens is 258 g/mol. The standard InChI is InChI=1S/C14H23N3OS/c1-10(19)12-5-4-11(8-16-12)17-6-7-18-13(9-17)14(2,3)15/h4-5,8,10,13,19H,6-7,9,15H2,1-3H3/t10?,13-/m0/s1. The zero-order chi connectivity index (χ0) is 14.0. The Bertz CT molecular complexity index is 414. The van der Waals surface area contributed by atoms with Gasteiger partial charge in [0, 0.05) is 23.9 Å². The van der Waals surface area contributed by atoms with Crippen molar-refractivity contribution in [3.8, 4) is 0 Å². The summed E-state index contributed by atoms with van der Waals surface area (Å²) in [5.74, 6) is 0. The second-order valence-corrected chi connectivity index (χ2v) is 6.52. The fraction of sp³-hybridized carbons (Fsp3) is 0.643. The number of nitrogens with zero attached hydrogens (tertiary/aromatic N) is 2. The molecule has 1 saturated heterocycles. The van der Waals surface area contributed by atoms with E-state index in [4.69, 9.17) is 10.5 Å². The van der Waals surface area contributed by atoms with Gasteiger partial charge >= 0.3 is 0 Å². The Balaban J connectivity index is 2.09. The van der Waals surface area contributed by atoms with Crippen molar-refractivity contribution in [2.24, 2.45) is 5.73 Å². The number of anilines is 1. The van der Waals surface area contributed by atoms with Crippen LogP contribution in [0.1, 0.15) is 31.7 Å². The van der Waals surface area contributed by atoms with Crippen LogP contribution in [0.25, 0.3) is 0 Å². The Morgan fingerprint density at radius 2 is 2.26 bits per heavy atom. The molecule has 1 aromatic heterocycles. The van der Waals surface area contributed by atoms with Crippen molar-refractivity contribution in [2.75, 3.05) is 24.6 Å². The van der Waals surface area contributed by atoms with Crippen molar-refractivity contribution in [3.63, 3.8) is 0 Å². The maximum Gasteiger partial charge on any atom is 0.0924 e. The fourth-order valence-corrected chi connectivity index (χ4v) is 2.32. The molecule has 0 saturated carbocycles. The van der Waals surface area contributed by atoms with E-state index in [0.717, 1.165) is 24.5 Å². The Hall–Kier alpha value is -0.780. The van der Waals surface area contributed by atoms with Crippen molar-refractivity contribution in [1.82, 2.24) is 4.98 Å². The lowest BCUT2D eigenvalue weighted by molar-refractivity contribution is -0.000229. The van der Waals surface area contributed by atoms with E-state index in [1.807, 2.05) is 33.0 Å². The summed E-state index contributed by atoms with van der Waals surface area (Å²) in [7, 11) is 0. The maximum absolute atomic E-state index is 6.14. The van der Waals surface area contributed by atoms with E-state index in [1.165, 1.54) is 0 Å². The molecule has 0 aromatic carbocycles. The summed E-state index contributed by atoms with van der Waals surface area (Å²) in [5, 5.41) is 0.162. The van der Waals surface area contributed by atoms with E-state index in [9.17, 15) is 0 Å². The first-order valence-electron chi connectivity index (χ1n) is 6.67. The van der Waals surface area contributed by atoms with Crippen LogP contribution in [0.15, 0.2) is 18.3 Å². The van der Waals surface area contributed by atoms with E-state index in [1.54, 1.807) is 0 Å². The third kappa shape index (κ3) is 3.61. The quantitative estimate of drug-likeness (QED) is 0.832. The minimum absolute atomic E-state index is 0.0460. The first kappa shape index (κ1) is 14.6. The highest BCUT2D eigenvalue weighted by molar-refractivity contribution is 7.80. The molecule has 0 amide bonds.